The van der Waals surface area contributed by atoms with Crippen molar-refractivity contribution in [1.82, 2.24) is 10.9 Å². The molecule has 0 spiro atoms. The number of esters is 1. The molecule has 22 heavy (non-hydrogen) atoms. The molecule has 7 nitrogen and oxygen atoms in total. The highest BCUT2D eigenvalue weighted by atomic mass is 35.5. The van der Waals surface area contributed by atoms with Crippen LogP contribution >= 0.6 is 23.2 Å². The number of nitrogens with one attached hydrogen (secondary N) is 3. The van der Waals surface area contributed by atoms with Crippen LogP contribution in [0.15, 0.2) is 18.2 Å². The van der Waals surface area contributed by atoms with E-state index in [1.807, 2.05) is 0 Å². The van der Waals surface area contributed by atoms with Crippen LogP contribution < -0.4 is 15.6 Å². The van der Waals surface area contributed by atoms with Crippen LogP contribution in [0.1, 0.15) is 6.92 Å². The van der Waals surface area contributed by atoms with E-state index in [1.54, 1.807) is 6.92 Å². The number of ether oxygens (including phenoxy) is 1. The number of rotatable bonds is 5. The zero-order chi connectivity index (χ0) is 16.3. The van der Waals surface area contributed by atoms with E-state index in [9.17, 15) is 13.2 Å². The number of benzene rings is 1. The summed E-state index contributed by atoms with van der Waals surface area (Å²) in [6.07, 6.45) is 0. The zero-order valence-corrected chi connectivity index (χ0v) is 13.9. The van der Waals surface area contributed by atoms with E-state index >= 15 is 0 Å². The van der Waals surface area contributed by atoms with Gasteiger partial charge in [0.05, 0.1) is 17.3 Å². The summed E-state index contributed by atoms with van der Waals surface area (Å²) < 4.78 is 32.1. The van der Waals surface area contributed by atoms with Gasteiger partial charge >= 0.3 is 5.97 Å². The standard InChI is InChI=1S/C12H15Cl2N3O4S/c1-2-21-12(18)8-6-15-16-11(8)22(19,20)17-10-4-3-7(13)5-9(10)14/h3-5,8,11,15-17H,2,6H2,1H3. The molecule has 1 aromatic carbocycles. The first-order valence-corrected chi connectivity index (χ1v) is 8.77. The lowest BCUT2D eigenvalue weighted by Gasteiger charge is -2.19. The summed E-state index contributed by atoms with van der Waals surface area (Å²) in [5.41, 5.74) is 5.40. The molecule has 0 bridgehead atoms. The second-order valence-electron chi connectivity index (χ2n) is 4.58. The van der Waals surface area contributed by atoms with E-state index in [4.69, 9.17) is 27.9 Å². The molecule has 2 atom stereocenters. The number of anilines is 1. The maximum absolute atomic E-state index is 12.4. The average Bonchev–Trinajstić information content (AvgIpc) is 2.92. The fraction of sp³-hybridized carbons (Fsp3) is 0.417. The summed E-state index contributed by atoms with van der Waals surface area (Å²) in [4.78, 5) is 11.8. The lowest BCUT2D eigenvalue weighted by atomic mass is 10.2. The van der Waals surface area contributed by atoms with Gasteiger partial charge in [-0.15, -0.1) is 0 Å². The van der Waals surface area contributed by atoms with Crippen LogP contribution in [0, 0.1) is 5.92 Å². The third-order valence-corrected chi connectivity index (χ3v) is 5.21. The van der Waals surface area contributed by atoms with Crippen molar-refractivity contribution in [3.05, 3.63) is 28.2 Å². The summed E-state index contributed by atoms with van der Waals surface area (Å²) in [5, 5.41) is -0.619. The Kier molecular flexibility index (Phi) is 5.51. The molecular weight excluding hydrogens is 353 g/mol. The van der Waals surface area contributed by atoms with Crippen molar-refractivity contribution in [2.45, 2.75) is 12.3 Å². The zero-order valence-electron chi connectivity index (χ0n) is 11.6. The minimum absolute atomic E-state index is 0.152. The fourth-order valence-electron chi connectivity index (χ4n) is 2.02. The van der Waals surface area contributed by atoms with E-state index < -0.39 is 27.3 Å². The van der Waals surface area contributed by atoms with Crippen molar-refractivity contribution in [3.8, 4) is 0 Å². The van der Waals surface area contributed by atoms with Gasteiger partial charge in [-0.1, -0.05) is 23.2 Å². The van der Waals surface area contributed by atoms with Gasteiger partial charge in [0.2, 0.25) is 0 Å². The highest BCUT2D eigenvalue weighted by molar-refractivity contribution is 7.93. The van der Waals surface area contributed by atoms with Crippen molar-refractivity contribution >= 4 is 44.9 Å². The smallest absolute Gasteiger partial charge is 0.313 e. The summed E-state index contributed by atoms with van der Waals surface area (Å²) in [5.74, 6) is -1.44. The lowest BCUT2D eigenvalue weighted by molar-refractivity contribution is -0.147. The normalized spacial score (nSPS) is 21.6. The second-order valence-corrected chi connectivity index (χ2v) is 7.22. The molecule has 3 N–H and O–H groups in total. The second kappa shape index (κ2) is 7.01. The summed E-state index contributed by atoms with van der Waals surface area (Å²) in [7, 11) is -3.91. The molecule has 0 saturated carbocycles. The van der Waals surface area contributed by atoms with Gasteiger partial charge < -0.3 is 4.74 Å². The Morgan fingerprint density at radius 3 is 2.82 bits per heavy atom. The predicted molar refractivity (Wildman–Crippen MR) is 84.1 cm³/mol. The van der Waals surface area contributed by atoms with Gasteiger partial charge in [-0.3, -0.25) is 14.9 Å². The molecule has 1 fully saturated rings. The largest absolute Gasteiger partial charge is 0.466 e. The third kappa shape index (κ3) is 3.82. The molecule has 1 heterocycles. The van der Waals surface area contributed by atoms with E-state index in [0.29, 0.717) is 5.02 Å². The number of hydrogen-bond acceptors (Lipinski definition) is 6. The Balaban J connectivity index is 2.20. The maximum Gasteiger partial charge on any atom is 0.313 e. The lowest BCUT2D eigenvalue weighted by Crippen LogP contribution is -2.44. The van der Waals surface area contributed by atoms with Crippen molar-refractivity contribution in [1.29, 1.82) is 0 Å². The minimum Gasteiger partial charge on any atom is -0.466 e. The van der Waals surface area contributed by atoms with Crippen LogP contribution in [0.25, 0.3) is 0 Å². The first-order chi connectivity index (χ1) is 10.3. The number of hydrogen-bond donors (Lipinski definition) is 3. The third-order valence-electron chi connectivity index (χ3n) is 3.04. The molecule has 1 aliphatic heterocycles. The highest BCUT2D eigenvalue weighted by Gasteiger charge is 2.42. The number of halogens is 2. The van der Waals surface area contributed by atoms with Gasteiger partial charge in [-0.25, -0.2) is 13.8 Å². The van der Waals surface area contributed by atoms with Crippen molar-refractivity contribution in [2.24, 2.45) is 5.92 Å². The molecule has 1 aromatic rings. The quantitative estimate of drug-likeness (QED) is 0.679. The fourth-order valence-corrected chi connectivity index (χ4v) is 4.02. The molecule has 2 unspecified atom stereocenters. The number of carbonyl (C=O) groups excluding carboxylic acids is 1. The van der Waals surface area contributed by atoms with Gasteiger partial charge in [-0.05, 0) is 25.1 Å². The Labute approximate surface area is 138 Å². The predicted octanol–water partition coefficient (Wildman–Crippen LogP) is 1.35. The van der Waals surface area contributed by atoms with Crippen molar-refractivity contribution in [3.63, 3.8) is 0 Å². The van der Waals surface area contributed by atoms with Gasteiger partial charge in [0, 0.05) is 11.6 Å². The van der Waals surface area contributed by atoms with Crippen LogP contribution in [-0.4, -0.2) is 32.9 Å². The Hall–Kier alpha value is -1.06. The monoisotopic (exact) mass is 367 g/mol. The number of hydrazine groups is 1. The molecular formula is C12H15Cl2N3O4S. The van der Waals surface area contributed by atoms with Crippen LogP contribution in [0.4, 0.5) is 5.69 Å². The van der Waals surface area contributed by atoms with E-state index in [-0.39, 0.29) is 23.9 Å². The number of sulfonamides is 1. The maximum atomic E-state index is 12.4. The van der Waals surface area contributed by atoms with Gasteiger partial charge in [0.1, 0.15) is 5.92 Å². The molecule has 1 saturated heterocycles. The Morgan fingerprint density at radius 1 is 1.45 bits per heavy atom. The van der Waals surface area contributed by atoms with Crippen LogP contribution in [-0.2, 0) is 19.6 Å². The van der Waals surface area contributed by atoms with Crippen LogP contribution in [0.2, 0.25) is 10.0 Å². The molecule has 0 aromatic heterocycles. The summed E-state index contributed by atoms with van der Waals surface area (Å²) in [6.45, 7) is 1.99. The van der Waals surface area contributed by atoms with Gasteiger partial charge in [0.15, 0.2) is 5.37 Å². The molecule has 0 amide bonds. The topological polar surface area (TPSA) is 96.5 Å². The van der Waals surface area contributed by atoms with Gasteiger partial charge in [0.25, 0.3) is 10.0 Å². The Morgan fingerprint density at radius 2 is 2.18 bits per heavy atom. The van der Waals surface area contributed by atoms with E-state index in [0.717, 1.165) is 0 Å². The first-order valence-electron chi connectivity index (χ1n) is 6.47. The van der Waals surface area contributed by atoms with E-state index in [1.165, 1.54) is 18.2 Å². The molecule has 122 valence electrons. The molecule has 1 aliphatic rings. The minimum atomic E-state index is -3.91. The first kappa shape index (κ1) is 17.3. The van der Waals surface area contributed by atoms with Crippen molar-refractivity contribution < 1.29 is 17.9 Å². The molecule has 0 radical (unpaired) electrons. The SMILES string of the molecule is CCOC(=O)C1CNNC1S(=O)(=O)Nc1ccc(Cl)cc1Cl. The Bertz CT molecular complexity index is 668. The van der Waals surface area contributed by atoms with Crippen molar-refractivity contribution in [2.75, 3.05) is 17.9 Å². The van der Waals surface area contributed by atoms with Gasteiger partial charge in [-0.2, -0.15) is 0 Å². The average molecular weight is 368 g/mol. The van der Waals surface area contributed by atoms with E-state index in [2.05, 4.69) is 15.6 Å². The van der Waals surface area contributed by atoms with Crippen LogP contribution in [0.5, 0.6) is 0 Å². The summed E-state index contributed by atoms with van der Waals surface area (Å²) in [6, 6.07) is 4.38. The molecule has 2 rings (SSSR count). The molecule has 0 aliphatic carbocycles. The number of carbonyl (C=O) groups is 1. The summed E-state index contributed by atoms with van der Waals surface area (Å²) >= 11 is 11.7. The molecule has 10 heteroatoms. The highest BCUT2D eigenvalue weighted by Crippen LogP contribution is 2.28. The van der Waals surface area contributed by atoms with Crippen LogP contribution in [0.3, 0.4) is 0 Å².